The number of hydrogen-bond acceptors (Lipinski definition) is 6. The summed E-state index contributed by atoms with van der Waals surface area (Å²) in [6, 6.07) is 11.6. The van der Waals surface area contributed by atoms with Crippen LogP contribution in [0.1, 0.15) is 31.4 Å². The van der Waals surface area contributed by atoms with Crippen molar-refractivity contribution in [2.45, 2.75) is 26.8 Å². The summed E-state index contributed by atoms with van der Waals surface area (Å²) in [5.74, 6) is 2.90. The van der Waals surface area contributed by atoms with Crippen LogP contribution in [0.15, 0.2) is 41.5 Å². The summed E-state index contributed by atoms with van der Waals surface area (Å²) in [5.41, 5.74) is 5.02. The van der Waals surface area contributed by atoms with Crippen molar-refractivity contribution in [3.05, 3.63) is 47.5 Å². The van der Waals surface area contributed by atoms with Crippen molar-refractivity contribution in [2.75, 3.05) is 27.4 Å². The minimum absolute atomic E-state index is 0.576. The van der Waals surface area contributed by atoms with Crippen LogP contribution in [-0.4, -0.2) is 33.6 Å². The van der Waals surface area contributed by atoms with E-state index in [1.165, 1.54) is 0 Å². The molecule has 0 spiro atoms. The Hall–Kier alpha value is -2.89. The molecule has 0 radical (unpaired) electrons. The molecule has 0 amide bonds. The van der Waals surface area contributed by atoms with Gasteiger partial charge in [0.1, 0.15) is 0 Å². The molecule has 0 aromatic heterocycles. The molecule has 1 N–H and O–H groups in total. The minimum Gasteiger partial charge on any atom is -0.493 e. The lowest BCUT2D eigenvalue weighted by atomic mass is 10.2. The lowest BCUT2D eigenvalue weighted by molar-refractivity contribution is 0.277. The number of hydrogen-bond donors (Lipinski definition) is 1. The van der Waals surface area contributed by atoms with Crippen molar-refractivity contribution in [3.63, 3.8) is 0 Å². The average molecular weight is 372 g/mol. The Morgan fingerprint density at radius 3 is 2.37 bits per heavy atom. The largest absolute Gasteiger partial charge is 0.493 e. The second-order valence-electron chi connectivity index (χ2n) is 5.77. The SMILES string of the molecule is CCCOc1ccc(/C=N\NCc2ccc(OC)c(OC)c2)cc1OCC. The molecule has 0 saturated carbocycles. The zero-order valence-electron chi connectivity index (χ0n) is 16.5. The van der Waals surface area contributed by atoms with Gasteiger partial charge in [0.25, 0.3) is 0 Å². The first-order valence-electron chi connectivity index (χ1n) is 9.08. The third-order valence-electron chi connectivity index (χ3n) is 3.77. The number of nitrogens with zero attached hydrogens (tertiary/aromatic N) is 1. The lowest BCUT2D eigenvalue weighted by Gasteiger charge is -2.12. The van der Waals surface area contributed by atoms with E-state index in [0.717, 1.165) is 29.0 Å². The lowest BCUT2D eigenvalue weighted by Crippen LogP contribution is -2.06. The molecule has 6 nitrogen and oxygen atoms in total. The molecule has 2 aromatic carbocycles. The van der Waals surface area contributed by atoms with Crippen molar-refractivity contribution in [1.82, 2.24) is 5.43 Å². The van der Waals surface area contributed by atoms with Gasteiger partial charge in [-0.05, 0) is 54.8 Å². The van der Waals surface area contributed by atoms with Crippen molar-refractivity contribution >= 4 is 6.21 Å². The van der Waals surface area contributed by atoms with Gasteiger partial charge in [0.2, 0.25) is 0 Å². The summed E-state index contributed by atoms with van der Waals surface area (Å²) in [6.07, 6.45) is 2.71. The van der Waals surface area contributed by atoms with Crippen LogP contribution in [0.2, 0.25) is 0 Å². The van der Waals surface area contributed by atoms with E-state index in [-0.39, 0.29) is 0 Å². The van der Waals surface area contributed by atoms with Gasteiger partial charge in [-0.1, -0.05) is 13.0 Å². The number of benzene rings is 2. The van der Waals surface area contributed by atoms with Crippen LogP contribution in [0.5, 0.6) is 23.0 Å². The zero-order chi connectivity index (χ0) is 19.5. The minimum atomic E-state index is 0.576. The maximum atomic E-state index is 5.71. The maximum absolute atomic E-state index is 5.71. The number of hydrazone groups is 1. The van der Waals surface area contributed by atoms with Gasteiger partial charge in [0.05, 0.1) is 40.2 Å². The van der Waals surface area contributed by atoms with Crippen LogP contribution in [-0.2, 0) is 6.54 Å². The highest BCUT2D eigenvalue weighted by atomic mass is 16.5. The number of methoxy groups -OCH3 is 2. The Kier molecular flexibility index (Phi) is 8.29. The first-order chi connectivity index (χ1) is 13.2. The van der Waals surface area contributed by atoms with Gasteiger partial charge >= 0.3 is 0 Å². The summed E-state index contributed by atoms with van der Waals surface area (Å²) in [7, 11) is 3.24. The topological polar surface area (TPSA) is 61.3 Å². The molecular weight excluding hydrogens is 344 g/mol. The molecule has 146 valence electrons. The quantitative estimate of drug-likeness (QED) is 0.477. The molecular formula is C21H28N2O4. The summed E-state index contributed by atoms with van der Waals surface area (Å²) >= 11 is 0. The van der Waals surface area contributed by atoms with Gasteiger partial charge in [-0.3, -0.25) is 0 Å². The van der Waals surface area contributed by atoms with E-state index in [0.29, 0.717) is 31.3 Å². The molecule has 0 aliphatic heterocycles. The standard InChI is InChI=1S/C21H28N2O4/c1-5-11-27-19-10-8-17(13-21(19)26-6-2)15-23-22-14-16-7-9-18(24-3)20(12-16)25-4/h7-10,12-13,15,22H,5-6,11,14H2,1-4H3/b23-15-. The molecule has 0 atom stereocenters. The molecule has 0 fully saturated rings. The molecule has 0 unspecified atom stereocenters. The first-order valence-corrected chi connectivity index (χ1v) is 9.08. The predicted octanol–water partition coefficient (Wildman–Crippen LogP) is 4.02. The third-order valence-corrected chi connectivity index (χ3v) is 3.77. The third kappa shape index (κ3) is 6.09. The fourth-order valence-electron chi connectivity index (χ4n) is 2.45. The fourth-order valence-corrected chi connectivity index (χ4v) is 2.45. The Balaban J connectivity index is 1.98. The van der Waals surface area contributed by atoms with Gasteiger partial charge in [-0.15, -0.1) is 0 Å². The molecule has 0 heterocycles. The molecule has 0 aliphatic rings. The average Bonchev–Trinajstić information content (AvgIpc) is 2.70. The van der Waals surface area contributed by atoms with Gasteiger partial charge < -0.3 is 24.4 Å². The van der Waals surface area contributed by atoms with Crippen molar-refractivity contribution in [1.29, 1.82) is 0 Å². The Bertz CT molecular complexity index is 747. The number of rotatable bonds is 11. The van der Waals surface area contributed by atoms with Gasteiger partial charge in [0, 0.05) is 0 Å². The summed E-state index contributed by atoms with van der Waals surface area (Å²) < 4.78 is 21.9. The first kappa shape index (κ1) is 20.4. The summed E-state index contributed by atoms with van der Waals surface area (Å²) in [4.78, 5) is 0. The highest BCUT2D eigenvalue weighted by Crippen LogP contribution is 2.28. The van der Waals surface area contributed by atoms with Gasteiger partial charge in [-0.25, -0.2) is 0 Å². The molecule has 0 aliphatic carbocycles. The zero-order valence-corrected chi connectivity index (χ0v) is 16.5. The van der Waals surface area contributed by atoms with Crippen LogP contribution in [0.4, 0.5) is 0 Å². The van der Waals surface area contributed by atoms with E-state index in [9.17, 15) is 0 Å². The summed E-state index contributed by atoms with van der Waals surface area (Å²) in [5, 5.41) is 4.28. The Labute approximate surface area is 161 Å². The van der Waals surface area contributed by atoms with Crippen molar-refractivity contribution in [3.8, 4) is 23.0 Å². The van der Waals surface area contributed by atoms with Crippen LogP contribution in [0.3, 0.4) is 0 Å². The monoisotopic (exact) mass is 372 g/mol. The van der Waals surface area contributed by atoms with Crippen LogP contribution in [0.25, 0.3) is 0 Å². The van der Waals surface area contributed by atoms with Crippen molar-refractivity contribution in [2.24, 2.45) is 5.10 Å². The molecule has 2 rings (SSSR count). The van der Waals surface area contributed by atoms with E-state index in [1.807, 2.05) is 43.3 Å². The van der Waals surface area contributed by atoms with Crippen LogP contribution in [0, 0.1) is 0 Å². The number of ether oxygens (including phenoxy) is 4. The smallest absolute Gasteiger partial charge is 0.161 e. The van der Waals surface area contributed by atoms with Gasteiger partial charge in [0.15, 0.2) is 23.0 Å². The van der Waals surface area contributed by atoms with Crippen molar-refractivity contribution < 1.29 is 18.9 Å². The Morgan fingerprint density at radius 1 is 0.889 bits per heavy atom. The normalized spacial score (nSPS) is 10.7. The van der Waals surface area contributed by atoms with E-state index in [1.54, 1.807) is 20.4 Å². The summed E-state index contributed by atoms with van der Waals surface area (Å²) in [6.45, 7) is 5.86. The van der Waals surface area contributed by atoms with E-state index in [4.69, 9.17) is 18.9 Å². The molecule has 0 saturated heterocycles. The maximum Gasteiger partial charge on any atom is 0.161 e. The van der Waals surface area contributed by atoms with Gasteiger partial charge in [-0.2, -0.15) is 5.10 Å². The molecule has 6 heteroatoms. The number of nitrogens with one attached hydrogen (secondary N) is 1. The van der Waals surface area contributed by atoms with E-state index in [2.05, 4.69) is 17.5 Å². The molecule has 2 aromatic rings. The Morgan fingerprint density at radius 2 is 1.67 bits per heavy atom. The van der Waals surface area contributed by atoms with E-state index < -0.39 is 0 Å². The highest BCUT2D eigenvalue weighted by molar-refractivity contribution is 5.80. The van der Waals surface area contributed by atoms with E-state index >= 15 is 0 Å². The fraction of sp³-hybridized carbons (Fsp3) is 0.381. The molecule has 0 bridgehead atoms. The second-order valence-corrected chi connectivity index (χ2v) is 5.77. The van der Waals surface area contributed by atoms with Crippen LogP contribution >= 0.6 is 0 Å². The predicted molar refractivity (Wildman–Crippen MR) is 107 cm³/mol. The highest BCUT2D eigenvalue weighted by Gasteiger charge is 2.06. The second kappa shape index (κ2) is 11.0. The van der Waals surface area contributed by atoms with Crippen LogP contribution < -0.4 is 24.4 Å². The molecule has 27 heavy (non-hydrogen) atoms.